The van der Waals surface area contributed by atoms with E-state index in [-0.39, 0.29) is 5.54 Å². The van der Waals surface area contributed by atoms with E-state index in [2.05, 4.69) is 100 Å². The van der Waals surface area contributed by atoms with Gasteiger partial charge in [0.1, 0.15) is 5.75 Å². The molecule has 1 aliphatic heterocycles. The van der Waals surface area contributed by atoms with Crippen molar-refractivity contribution in [2.75, 3.05) is 33.3 Å². The van der Waals surface area contributed by atoms with Crippen LogP contribution in [-0.4, -0.2) is 54.7 Å². The van der Waals surface area contributed by atoms with E-state index in [4.69, 9.17) is 4.74 Å². The second kappa shape index (κ2) is 14.3. The standard InChI is InChI=1S/C31H49N3O/c1-9-13-28(18-19-31(6,7)34-22-20-33(21-23-34)25(3)4)27(10-2)17-16-26(5)32-24-29-14-11-12-15-30(29)35-8/h11-19,25,32H,9-10,20-24H2,1-8H3/b19-18-,26-16+,27-17+,28-13+. The van der Waals surface area contributed by atoms with Gasteiger partial charge in [0, 0.05) is 55.6 Å². The third kappa shape index (κ3) is 9.01. The minimum atomic E-state index is 0.0385. The first-order valence-corrected chi connectivity index (χ1v) is 13.3. The van der Waals surface area contributed by atoms with Crippen molar-refractivity contribution in [1.29, 1.82) is 0 Å². The fourth-order valence-corrected chi connectivity index (χ4v) is 4.53. The van der Waals surface area contributed by atoms with Gasteiger partial charge in [-0.15, -0.1) is 0 Å². The molecule has 0 saturated carbocycles. The number of hydrogen-bond donors (Lipinski definition) is 1. The second-order valence-electron chi connectivity index (χ2n) is 10.2. The Morgan fingerprint density at radius 3 is 2.37 bits per heavy atom. The maximum absolute atomic E-state index is 5.47. The summed E-state index contributed by atoms with van der Waals surface area (Å²) in [5.41, 5.74) is 5.04. The van der Waals surface area contributed by atoms with Crippen LogP contribution in [0.25, 0.3) is 0 Å². The molecule has 0 aromatic heterocycles. The largest absolute Gasteiger partial charge is 0.496 e. The average Bonchev–Trinajstić information content (AvgIpc) is 2.86. The van der Waals surface area contributed by atoms with Gasteiger partial charge < -0.3 is 10.1 Å². The molecule has 0 unspecified atom stereocenters. The van der Waals surface area contributed by atoms with Gasteiger partial charge in [-0.05, 0) is 70.7 Å². The van der Waals surface area contributed by atoms with Crippen LogP contribution in [0.1, 0.15) is 66.9 Å². The van der Waals surface area contributed by atoms with E-state index < -0.39 is 0 Å². The third-order valence-electron chi connectivity index (χ3n) is 6.99. The van der Waals surface area contributed by atoms with E-state index in [9.17, 15) is 0 Å². The van der Waals surface area contributed by atoms with Crippen molar-refractivity contribution in [3.63, 3.8) is 0 Å². The van der Waals surface area contributed by atoms with Gasteiger partial charge in [0.2, 0.25) is 0 Å². The molecule has 1 saturated heterocycles. The number of nitrogens with zero attached hydrogens (tertiary/aromatic N) is 2. The Morgan fingerprint density at radius 2 is 1.77 bits per heavy atom. The molecule has 1 aliphatic rings. The summed E-state index contributed by atoms with van der Waals surface area (Å²) in [6.07, 6.45) is 13.6. The molecule has 1 fully saturated rings. The van der Waals surface area contributed by atoms with Crippen molar-refractivity contribution in [3.8, 4) is 5.75 Å². The highest BCUT2D eigenvalue weighted by molar-refractivity contribution is 5.42. The normalized spacial score (nSPS) is 17.5. The van der Waals surface area contributed by atoms with Crippen LogP contribution < -0.4 is 10.1 Å². The van der Waals surface area contributed by atoms with Gasteiger partial charge in [0.25, 0.3) is 0 Å². The molecule has 1 aromatic carbocycles. The minimum absolute atomic E-state index is 0.0385. The van der Waals surface area contributed by atoms with E-state index in [0.29, 0.717) is 6.04 Å². The number of para-hydroxylation sites is 1. The molecule has 1 aromatic rings. The highest BCUT2D eigenvalue weighted by Gasteiger charge is 2.28. The SMILES string of the molecule is CC/C=C(\C=C/C(C)(C)N1CCN(C(C)C)CC1)C(=C/C=C(\C)NCc1ccccc1OC)/CC. The van der Waals surface area contributed by atoms with Gasteiger partial charge in [0.15, 0.2) is 0 Å². The fraction of sp³-hybridized carbons (Fsp3) is 0.548. The highest BCUT2D eigenvalue weighted by atomic mass is 16.5. The van der Waals surface area contributed by atoms with Gasteiger partial charge in [-0.1, -0.05) is 56.4 Å². The molecule has 0 atom stereocenters. The number of nitrogens with one attached hydrogen (secondary N) is 1. The summed E-state index contributed by atoms with van der Waals surface area (Å²) >= 11 is 0. The van der Waals surface area contributed by atoms with Gasteiger partial charge in [-0.3, -0.25) is 9.80 Å². The van der Waals surface area contributed by atoms with Crippen molar-refractivity contribution < 1.29 is 4.74 Å². The molecule has 35 heavy (non-hydrogen) atoms. The van der Waals surface area contributed by atoms with E-state index >= 15 is 0 Å². The molecule has 0 spiro atoms. The quantitative estimate of drug-likeness (QED) is 0.337. The Kier molecular flexibility index (Phi) is 11.8. The number of methoxy groups -OCH3 is 1. The summed E-state index contributed by atoms with van der Waals surface area (Å²) in [5.74, 6) is 0.920. The zero-order valence-corrected chi connectivity index (χ0v) is 23.5. The minimum Gasteiger partial charge on any atom is -0.496 e. The summed E-state index contributed by atoms with van der Waals surface area (Å²) < 4.78 is 5.47. The van der Waals surface area contributed by atoms with Crippen LogP contribution in [0.15, 0.2) is 71.5 Å². The van der Waals surface area contributed by atoms with Crippen LogP contribution in [-0.2, 0) is 6.54 Å². The summed E-state index contributed by atoms with van der Waals surface area (Å²) in [5, 5.41) is 3.52. The third-order valence-corrected chi connectivity index (χ3v) is 6.99. The molecule has 4 nitrogen and oxygen atoms in total. The number of allylic oxidation sites excluding steroid dienone is 7. The van der Waals surface area contributed by atoms with Crippen LogP contribution in [0.2, 0.25) is 0 Å². The molecular weight excluding hydrogens is 430 g/mol. The van der Waals surface area contributed by atoms with E-state index in [1.54, 1.807) is 7.11 Å². The van der Waals surface area contributed by atoms with Crippen LogP contribution in [0.3, 0.4) is 0 Å². The van der Waals surface area contributed by atoms with Crippen LogP contribution in [0.5, 0.6) is 5.75 Å². The summed E-state index contributed by atoms with van der Waals surface area (Å²) in [6, 6.07) is 8.79. The average molecular weight is 480 g/mol. The topological polar surface area (TPSA) is 27.7 Å². The molecular formula is C31H49N3O. The Hall–Kier alpha value is -2.30. The maximum Gasteiger partial charge on any atom is 0.123 e. The number of rotatable bonds is 12. The smallest absolute Gasteiger partial charge is 0.123 e. The molecule has 1 N–H and O–H groups in total. The first-order chi connectivity index (χ1) is 16.7. The zero-order chi connectivity index (χ0) is 25.8. The van der Waals surface area contributed by atoms with Crippen molar-refractivity contribution >= 4 is 0 Å². The molecule has 0 amide bonds. The summed E-state index contributed by atoms with van der Waals surface area (Å²) in [6.45, 7) is 21.2. The Morgan fingerprint density at radius 1 is 1.09 bits per heavy atom. The predicted molar refractivity (Wildman–Crippen MR) is 152 cm³/mol. The van der Waals surface area contributed by atoms with Crippen LogP contribution in [0.4, 0.5) is 0 Å². The van der Waals surface area contributed by atoms with E-state index in [1.807, 2.05) is 18.2 Å². The Labute approximate surface area is 215 Å². The Bertz CT molecular complexity index is 900. The maximum atomic E-state index is 5.47. The zero-order valence-electron chi connectivity index (χ0n) is 23.5. The van der Waals surface area contributed by atoms with Gasteiger partial charge >= 0.3 is 0 Å². The monoisotopic (exact) mass is 479 g/mol. The number of hydrogen-bond acceptors (Lipinski definition) is 4. The number of piperazine rings is 1. The molecule has 1 heterocycles. The first-order valence-electron chi connectivity index (χ1n) is 13.3. The summed E-state index contributed by atoms with van der Waals surface area (Å²) in [7, 11) is 1.72. The lowest BCUT2D eigenvalue weighted by Gasteiger charge is -2.44. The molecule has 0 bridgehead atoms. The van der Waals surface area contributed by atoms with Gasteiger partial charge in [0.05, 0.1) is 7.11 Å². The van der Waals surface area contributed by atoms with Crippen molar-refractivity contribution in [1.82, 2.24) is 15.1 Å². The molecule has 0 aliphatic carbocycles. The first kappa shape index (κ1) is 28.9. The van der Waals surface area contributed by atoms with Crippen LogP contribution >= 0.6 is 0 Å². The Balaban J connectivity index is 2.08. The lowest BCUT2D eigenvalue weighted by atomic mass is 9.95. The van der Waals surface area contributed by atoms with Gasteiger partial charge in [-0.25, -0.2) is 0 Å². The van der Waals surface area contributed by atoms with E-state index in [1.165, 1.54) is 11.1 Å². The predicted octanol–water partition coefficient (Wildman–Crippen LogP) is 6.72. The highest BCUT2D eigenvalue weighted by Crippen LogP contribution is 2.23. The fourth-order valence-electron chi connectivity index (χ4n) is 4.53. The van der Waals surface area contributed by atoms with Crippen molar-refractivity contribution in [2.24, 2.45) is 0 Å². The molecule has 4 heteroatoms. The van der Waals surface area contributed by atoms with Gasteiger partial charge in [-0.2, -0.15) is 0 Å². The van der Waals surface area contributed by atoms with E-state index in [0.717, 1.165) is 62.6 Å². The van der Waals surface area contributed by atoms with Crippen LogP contribution in [0, 0.1) is 0 Å². The molecule has 2 rings (SSSR count). The molecule has 194 valence electrons. The van der Waals surface area contributed by atoms with Crippen molar-refractivity contribution in [2.45, 2.75) is 79.4 Å². The molecule has 0 radical (unpaired) electrons. The lowest BCUT2D eigenvalue weighted by molar-refractivity contribution is 0.0615. The number of ether oxygens (including phenoxy) is 1. The number of benzene rings is 1. The summed E-state index contributed by atoms with van der Waals surface area (Å²) in [4.78, 5) is 5.19. The second-order valence-corrected chi connectivity index (χ2v) is 10.2. The lowest BCUT2D eigenvalue weighted by Crippen LogP contribution is -2.55. The van der Waals surface area contributed by atoms with Crippen molar-refractivity contribution in [3.05, 3.63) is 77.1 Å².